The Morgan fingerprint density at radius 3 is 2.38 bits per heavy atom. The molecule has 0 fully saturated rings. The van der Waals surface area contributed by atoms with E-state index in [0.717, 1.165) is 21.1 Å². The van der Waals surface area contributed by atoms with E-state index in [-0.39, 0.29) is 10.0 Å². The van der Waals surface area contributed by atoms with E-state index in [1.807, 2.05) is 6.07 Å². The normalized spacial score (nSPS) is 12.2. The van der Waals surface area contributed by atoms with Crippen LogP contribution in [0.4, 0.5) is 10.8 Å². The van der Waals surface area contributed by atoms with Crippen molar-refractivity contribution >= 4 is 54.2 Å². The second-order valence-corrected chi connectivity index (χ2v) is 11.0. The molecule has 0 aliphatic rings. The van der Waals surface area contributed by atoms with E-state index in [4.69, 9.17) is 0 Å². The lowest BCUT2D eigenvalue weighted by Gasteiger charge is -2.14. The lowest BCUT2D eigenvalue weighted by Crippen LogP contribution is -2.33. The molecule has 3 rings (SSSR count). The molecule has 32 heavy (non-hydrogen) atoms. The van der Waals surface area contributed by atoms with Crippen LogP contribution in [0, 0.1) is 0 Å². The van der Waals surface area contributed by atoms with Gasteiger partial charge in [-0.2, -0.15) is 4.31 Å². The minimum atomic E-state index is -3.81. The fourth-order valence-corrected chi connectivity index (χ4v) is 5.11. The van der Waals surface area contributed by atoms with Crippen molar-refractivity contribution in [1.82, 2.24) is 9.29 Å². The number of likely N-dealkylation sites (N-methyl/N-ethyl adjacent to an activating group) is 1. The number of thiazole rings is 1. The summed E-state index contributed by atoms with van der Waals surface area (Å²) in [6, 6.07) is 14.4. The topological polar surface area (TPSA) is 126 Å². The number of hydrogen-bond acceptors (Lipinski definition) is 7. The molecule has 12 heteroatoms. The number of sulfonamides is 2. The van der Waals surface area contributed by atoms with Crippen molar-refractivity contribution < 1.29 is 21.6 Å². The SMILES string of the molecule is CN(CC(=O)Nc1ccc(S(=O)(=O)Nc2nccs2)cc1)S(=O)(=O)/C=C/c1ccccc1. The summed E-state index contributed by atoms with van der Waals surface area (Å²) in [5, 5.41) is 5.47. The third-order valence-electron chi connectivity index (χ3n) is 4.14. The summed E-state index contributed by atoms with van der Waals surface area (Å²) in [5.41, 5.74) is 1.04. The molecule has 0 saturated heterocycles. The summed E-state index contributed by atoms with van der Waals surface area (Å²) in [7, 11) is -6.31. The number of nitrogens with one attached hydrogen (secondary N) is 2. The van der Waals surface area contributed by atoms with Gasteiger partial charge in [-0.1, -0.05) is 30.3 Å². The van der Waals surface area contributed by atoms with E-state index in [0.29, 0.717) is 11.3 Å². The van der Waals surface area contributed by atoms with Crippen LogP contribution >= 0.6 is 11.3 Å². The van der Waals surface area contributed by atoms with Gasteiger partial charge in [0.05, 0.1) is 11.4 Å². The average Bonchev–Trinajstić information content (AvgIpc) is 3.25. The fraction of sp³-hybridized carbons (Fsp3) is 0.100. The summed E-state index contributed by atoms with van der Waals surface area (Å²) < 4.78 is 52.7. The maximum Gasteiger partial charge on any atom is 0.263 e. The molecule has 9 nitrogen and oxygen atoms in total. The summed E-state index contributed by atoms with van der Waals surface area (Å²) in [5.74, 6) is -0.569. The fourth-order valence-electron chi connectivity index (χ4n) is 2.49. The Morgan fingerprint density at radius 2 is 1.75 bits per heavy atom. The third-order valence-corrected chi connectivity index (χ3v) is 7.79. The minimum Gasteiger partial charge on any atom is -0.325 e. The van der Waals surface area contributed by atoms with Crippen molar-refractivity contribution in [2.75, 3.05) is 23.6 Å². The second-order valence-electron chi connectivity index (χ2n) is 6.53. The standard InChI is InChI=1S/C20H20N4O5S3/c1-24(31(26,27)14-11-16-5-3-2-4-6-16)15-19(25)22-17-7-9-18(10-8-17)32(28,29)23-20-21-12-13-30-20/h2-14H,15H2,1H3,(H,21,23)(H,22,25)/b14-11+. The zero-order valence-corrected chi connectivity index (χ0v) is 19.3. The number of nitrogens with zero attached hydrogens (tertiary/aromatic N) is 2. The molecular weight excluding hydrogens is 472 g/mol. The third kappa shape index (κ3) is 6.47. The van der Waals surface area contributed by atoms with Crippen molar-refractivity contribution in [2.24, 2.45) is 0 Å². The van der Waals surface area contributed by atoms with Crippen LogP contribution in [0.25, 0.3) is 6.08 Å². The molecule has 1 aromatic heterocycles. The first-order chi connectivity index (χ1) is 15.2. The largest absolute Gasteiger partial charge is 0.325 e. The van der Waals surface area contributed by atoms with E-state index >= 15 is 0 Å². The molecule has 0 aliphatic carbocycles. The first-order valence-electron chi connectivity index (χ1n) is 9.17. The Labute approximate surface area is 190 Å². The highest BCUT2D eigenvalue weighted by Gasteiger charge is 2.19. The van der Waals surface area contributed by atoms with Crippen LogP contribution in [-0.4, -0.2) is 45.6 Å². The molecule has 168 valence electrons. The summed E-state index contributed by atoms with van der Waals surface area (Å²) in [4.78, 5) is 16.1. The molecule has 0 atom stereocenters. The van der Waals surface area contributed by atoms with E-state index in [1.165, 1.54) is 43.6 Å². The number of hydrogen-bond donors (Lipinski definition) is 2. The summed E-state index contributed by atoms with van der Waals surface area (Å²) in [6.45, 7) is -0.410. The molecule has 1 heterocycles. The van der Waals surface area contributed by atoms with E-state index in [9.17, 15) is 21.6 Å². The molecule has 3 aromatic rings. The van der Waals surface area contributed by atoms with Crippen LogP contribution in [0.2, 0.25) is 0 Å². The van der Waals surface area contributed by atoms with Gasteiger partial charge in [0, 0.05) is 29.7 Å². The molecule has 0 aliphatic heterocycles. The Morgan fingerprint density at radius 1 is 1.06 bits per heavy atom. The van der Waals surface area contributed by atoms with Gasteiger partial charge < -0.3 is 5.32 Å². The van der Waals surface area contributed by atoms with E-state index in [1.54, 1.807) is 29.6 Å². The molecule has 0 radical (unpaired) electrons. The zero-order valence-electron chi connectivity index (χ0n) is 16.9. The molecule has 0 spiro atoms. The van der Waals surface area contributed by atoms with Crippen LogP contribution < -0.4 is 10.0 Å². The van der Waals surface area contributed by atoms with Crippen LogP contribution in [0.15, 0.2) is 76.5 Å². The predicted molar refractivity (Wildman–Crippen MR) is 125 cm³/mol. The lowest BCUT2D eigenvalue weighted by molar-refractivity contribution is -0.116. The first kappa shape index (κ1) is 23.6. The summed E-state index contributed by atoms with van der Waals surface area (Å²) >= 11 is 1.15. The van der Waals surface area contributed by atoms with E-state index in [2.05, 4.69) is 15.0 Å². The molecule has 0 saturated carbocycles. The number of amides is 1. The highest BCUT2D eigenvalue weighted by molar-refractivity contribution is 7.93. The van der Waals surface area contributed by atoms with Crippen molar-refractivity contribution in [3.05, 3.63) is 77.1 Å². The quantitative estimate of drug-likeness (QED) is 0.473. The van der Waals surface area contributed by atoms with Gasteiger partial charge in [0.15, 0.2) is 5.13 Å². The Kier molecular flexibility index (Phi) is 7.40. The van der Waals surface area contributed by atoms with Crippen LogP contribution in [0.3, 0.4) is 0 Å². The first-order valence-corrected chi connectivity index (χ1v) is 13.0. The van der Waals surface area contributed by atoms with Gasteiger partial charge >= 0.3 is 0 Å². The maximum absolute atomic E-state index is 12.4. The van der Waals surface area contributed by atoms with Gasteiger partial charge in [-0.05, 0) is 35.9 Å². The van der Waals surface area contributed by atoms with Crippen molar-refractivity contribution in [3.63, 3.8) is 0 Å². The zero-order chi connectivity index (χ0) is 23.2. The van der Waals surface area contributed by atoms with Crippen LogP contribution in [0.1, 0.15) is 5.56 Å². The number of rotatable bonds is 9. The van der Waals surface area contributed by atoms with Gasteiger partial charge in [0.25, 0.3) is 10.0 Å². The molecule has 0 bridgehead atoms. The smallest absolute Gasteiger partial charge is 0.263 e. The van der Waals surface area contributed by atoms with Crippen molar-refractivity contribution in [1.29, 1.82) is 0 Å². The Hall–Kier alpha value is -3.06. The van der Waals surface area contributed by atoms with Gasteiger partial charge in [-0.3, -0.25) is 9.52 Å². The number of carbonyl (C=O) groups is 1. The Bertz CT molecular complexity index is 1290. The molecule has 2 aromatic carbocycles. The predicted octanol–water partition coefficient (Wildman–Crippen LogP) is 2.81. The number of anilines is 2. The van der Waals surface area contributed by atoms with Gasteiger partial charge in [-0.15, -0.1) is 11.3 Å². The highest BCUT2D eigenvalue weighted by atomic mass is 32.2. The Balaban J connectivity index is 1.59. The minimum absolute atomic E-state index is 0.00329. The van der Waals surface area contributed by atoms with Crippen molar-refractivity contribution in [3.8, 4) is 0 Å². The average molecular weight is 493 g/mol. The maximum atomic E-state index is 12.4. The van der Waals surface area contributed by atoms with Crippen molar-refractivity contribution in [2.45, 2.75) is 4.90 Å². The molecular formula is C20H20N4O5S3. The van der Waals surface area contributed by atoms with Gasteiger partial charge in [0.1, 0.15) is 0 Å². The van der Waals surface area contributed by atoms with Crippen LogP contribution in [0.5, 0.6) is 0 Å². The molecule has 0 unspecified atom stereocenters. The second kappa shape index (κ2) is 10.0. The van der Waals surface area contributed by atoms with Crippen LogP contribution in [-0.2, 0) is 24.8 Å². The van der Waals surface area contributed by atoms with Gasteiger partial charge in [-0.25, -0.2) is 21.8 Å². The number of aromatic nitrogens is 1. The molecule has 2 N–H and O–H groups in total. The monoisotopic (exact) mass is 492 g/mol. The highest BCUT2D eigenvalue weighted by Crippen LogP contribution is 2.19. The van der Waals surface area contributed by atoms with E-state index < -0.39 is 32.5 Å². The lowest BCUT2D eigenvalue weighted by atomic mass is 10.2. The number of carbonyl (C=O) groups excluding carboxylic acids is 1. The van der Waals surface area contributed by atoms with Gasteiger partial charge in [0.2, 0.25) is 15.9 Å². The molecule has 1 amide bonds. The summed E-state index contributed by atoms with van der Waals surface area (Å²) in [6.07, 6.45) is 2.93. The number of benzene rings is 2.